The van der Waals surface area contributed by atoms with Crippen LogP contribution in [-0.4, -0.2) is 39.5 Å². The number of anilines is 3. The van der Waals surface area contributed by atoms with Crippen LogP contribution < -0.4 is 15.5 Å². The molecule has 1 aliphatic carbocycles. The Morgan fingerprint density at radius 1 is 0.755 bits per heavy atom. The van der Waals surface area contributed by atoms with Crippen LogP contribution in [0.25, 0.3) is 0 Å². The van der Waals surface area contributed by atoms with Gasteiger partial charge in [-0.15, -0.1) is 23.2 Å². The molecule has 3 aromatic rings. The van der Waals surface area contributed by atoms with Crippen molar-refractivity contribution in [1.82, 2.24) is 0 Å². The number of carbonyl (C=O) groups excluding carboxylic acids is 4. The molecular weight excluding hydrogens is 750 g/mol. The number of ether oxygens (including phenoxy) is 2. The van der Waals surface area contributed by atoms with Crippen LogP contribution in [0.2, 0.25) is 15.1 Å². The van der Waals surface area contributed by atoms with Gasteiger partial charge < -0.3 is 20.1 Å². The van der Waals surface area contributed by atoms with Gasteiger partial charge in [0.05, 0.1) is 37.9 Å². The Labute approximate surface area is 306 Å². The topological polar surface area (TPSA) is 114 Å². The Morgan fingerprint density at radius 2 is 1.33 bits per heavy atom. The highest BCUT2D eigenvalue weighted by Crippen LogP contribution is 2.65. The number of benzene rings is 3. The van der Waals surface area contributed by atoms with E-state index in [9.17, 15) is 19.2 Å². The summed E-state index contributed by atoms with van der Waals surface area (Å²) in [6, 6.07) is 9.80. The van der Waals surface area contributed by atoms with E-state index in [1.165, 1.54) is 59.7 Å². The fourth-order valence-corrected chi connectivity index (χ4v) is 5.99. The van der Waals surface area contributed by atoms with E-state index in [1.807, 2.05) is 0 Å². The molecule has 0 aromatic heterocycles. The lowest BCUT2D eigenvalue weighted by Crippen LogP contribution is -2.44. The minimum Gasteiger partial charge on any atom is -0.443 e. The first-order valence-electron chi connectivity index (χ1n) is 14.5. The lowest BCUT2D eigenvalue weighted by atomic mass is 10.1. The maximum absolute atomic E-state index is 15.5. The number of halogens is 7. The molecule has 1 fully saturated rings. The normalized spacial score (nSPS) is 16.8. The van der Waals surface area contributed by atoms with Gasteiger partial charge >= 0.3 is 12.2 Å². The maximum Gasteiger partial charge on any atom is 0.424 e. The lowest BCUT2D eigenvalue weighted by molar-refractivity contribution is -0.117. The molecule has 2 N–H and O–H groups in total. The molecule has 49 heavy (non-hydrogen) atoms. The third-order valence-electron chi connectivity index (χ3n) is 6.80. The molecule has 0 saturated heterocycles. The summed E-state index contributed by atoms with van der Waals surface area (Å²) < 4.78 is 39.8. The van der Waals surface area contributed by atoms with E-state index in [2.05, 4.69) is 10.6 Å². The van der Waals surface area contributed by atoms with E-state index in [1.54, 1.807) is 18.2 Å². The summed E-state index contributed by atoms with van der Waals surface area (Å²) in [7, 11) is 0. The average molecular weight is 780 g/mol. The van der Waals surface area contributed by atoms with Gasteiger partial charge in [-0.05, 0) is 77.4 Å². The van der Waals surface area contributed by atoms with E-state index in [0.717, 1.165) is 0 Å². The van der Waals surface area contributed by atoms with Gasteiger partial charge in [-0.25, -0.2) is 18.4 Å². The Balaban J connectivity index is 1.55. The zero-order chi connectivity index (χ0) is 36.8. The SMILES string of the molecule is CC(C)(C)OC(=O)N(C(=O)OC(C)(C)C)c1cc(F)c(NC(=O)c2cc(NC(=O)[C@H]3C(c4ccc(Cl)c(Cl)c4)C3(Cl)Cl)ccc2Cl)cc1F. The molecule has 9 nitrogen and oxygen atoms in total. The van der Waals surface area contributed by atoms with Crippen LogP contribution in [0, 0.1) is 17.6 Å². The number of nitrogens with one attached hydrogen (secondary N) is 2. The minimum absolute atomic E-state index is 0.0850. The summed E-state index contributed by atoms with van der Waals surface area (Å²) in [6.45, 7) is 9.10. The molecular formula is C33H30Cl5F2N3O6. The average Bonchev–Trinajstić information content (AvgIpc) is 3.53. The van der Waals surface area contributed by atoms with E-state index in [-0.39, 0.29) is 26.2 Å². The van der Waals surface area contributed by atoms with Crippen LogP contribution >= 0.6 is 58.0 Å². The smallest absolute Gasteiger partial charge is 0.424 e. The molecule has 3 aromatic carbocycles. The van der Waals surface area contributed by atoms with Gasteiger partial charge in [-0.2, -0.15) is 4.90 Å². The van der Waals surface area contributed by atoms with Gasteiger partial charge in [0, 0.05) is 23.7 Å². The van der Waals surface area contributed by atoms with Crippen molar-refractivity contribution in [2.24, 2.45) is 5.92 Å². The number of hydrogen-bond donors (Lipinski definition) is 2. The quantitative estimate of drug-likeness (QED) is 0.241. The Hall–Kier alpha value is -3.35. The van der Waals surface area contributed by atoms with Gasteiger partial charge in [0.15, 0.2) is 0 Å². The van der Waals surface area contributed by atoms with Crippen LogP contribution in [0.1, 0.15) is 63.4 Å². The van der Waals surface area contributed by atoms with Gasteiger partial charge in [0.2, 0.25) is 5.91 Å². The van der Waals surface area contributed by atoms with Gasteiger partial charge in [0.25, 0.3) is 5.91 Å². The molecule has 16 heteroatoms. The highest BCUT2D eigenvalue weighted by atomic mass is 35.5. The molecule has 4 amide bonds. The third-order valence-corrected chi connectivity index (χ3v) is 8.80. The summed E-state index contributed by atoms with van der Waals surface area (Å²) in [5.41, 5.74) is -3.18. The van der Waals surface area contributed by atoms with Crippen molar-refractivity contribution in [2.75, 3.05) is 15.5 Å². The van der Waals surface area contributed by atoms with Crippen molar-refractivity contribution in [3.63, 3.8) is 0 Å². The Bertz CT molecular complexity index is 1820. The number of imide groups is 1. The number of rotatable bonds is 6. The lowest BCUT2D eigenvalue weighted by Gasteiger charge is -2.29. The first-order valence-corrected chi connectivity index (χ1v) is 16.4. The van der Waals surface area contributed by atoms with Crippen molar-refractivity contribution < 1.29 is 37.4 Å². The predicted molar refractivity (Wildman–Crippen MR) is 186 cm³/mol. The standard InChI is InChI=1S/C33H30Cl5F2N3O6/c1-31(2,3)48-29(46)43(30(47)49-32(4,5)6)24-14-21(39)23(13-22(24)40)42-27(44)17-12-16(8-10-18(17)34)41-28(45)26-25(33(26,37)38)15-7-9-19(35)20(36)11-15/h7-14,25-26H,1-6H3,(H,41,45)(H,42,44)/t25?,26-/m1/s1. The zero-order valence-electron chi connectivity index (χ0n) is 26.8. The summed E-state index contributed by atoms with van der Waals surface area (Å²) in [4.78, 5) is 52.4. The highest BCUT2D eigenvalue weighted by Gasteiger charge is 2.67. The molecule has 0 bridgehead atoms. The fourth-order valence-electron chi connectivity index (χ4n) is 4.65. The summed E-state index contributed by atoms with van der Waals surface area (Å²) in [5.74, 6) is -5.54. The second-order valence-electron chi connectivity index (χ2n) is 13.0. The molecule has 262 valence electrons. The van der Waals surface area contributed by atoms with Crippen LogP contribution in [0.15, 0.2) is 48.5 Å². The Kier molecular flexibility index (Phi) is 11.1. The van der Waals surface area contributed by atoms with Crippen LogP contribution in [-0.2, 0) is 14.3 Å². The first-order chi connectivity index (χ1) is 22.5. The van der Waals surface area contributed by atoms with E-state index in [0.29, 0.717) is 22.7 Å². The molecule has 4 rings (SSSR count). The summed E-state index contributed by atoms with van der Waals surface area (Å²) >= 11 is 31.2. The molecule has 0 radical (unpaired) electrons. The van der Waals surface area contributed by atoms with E-state index < -0.39 is 74.4 Å². The molecule has 0 aliphatic heterocycles. The fraction of sp³-hybridized carbons (Fsp3) is 0.333. The van der Waals surface area contributed by atoms with Crippen LogP contribution in [0.5, 0.6) is 0 Å². The number of alkyl halides is 2. The molecule has 0 heterocycles. The molecule has 0 spiro atoms. The second-order valence-corrected chi connectivity index (χ2v) is 15.7. The first kappa shape index (κ1) is 38.5. The Morgan fingerprint density at radius 3 is 1.88 bits per heavy atom. The molecule has 1 aliphatic rings. The second kappa shape index (κ2) is 14.1. The van der Waals surface area contributed by atoms with Gasteiger partial charge in [-0.3, -0.25) is 9.59 Å². The zero-order valence-corrected chi connectivity index (χ0v) is 30.6. The van der Waals surface area contributed by atoms with E-state index in [4.69, 9.17) is 67.5 Å². The van der Waals surface area contributed by atoms with Crippen LogP contribution in [0.4, 0.5) is 35.4 Å². The van der Waals surface area contributed by atoms with Crippen LogP contribution in [0.3, 0.4) is 0 Å². The van der Waals surface area contributed by atoms with Crippen molar-refractivity contribution >= 4 is 99.1 Å². The van der Waals surface area contributed by atoms with Gasteiger partial charge in [0.1, 0.15) is 27.2 Å². The maximum atomic E-state index is 15.5. The molecule has 1 unspecified atom stereocenters. The third kappa shape index (κ3) is 9.07. The highest BCUT2D eigenvalue weighted by molar-refractivity contribution is 6.53. The number of nitrogens with zero attached hydrogens (tertiary/aromatic N) is 1. The largest absolute Gasteiger partial charge is 0.443 e. The monoisotopic (exact) mass is 777 g/mol. The molecule has 1 saturated carbocycles. The van der Waals surface area contributed by atoms with E-state index >= 15 is 8.78 Å². The number of hydrogen-bond acceptors (Lipinski definition) is 6. The van der Waals surface area contributed by atoms with Crippen molar-refractivity contribution in [2.45, 2.75) is 63.0 Å². The van der Waals surface area contributed by atoms with Crippen molar-refractivity contribution in [3.8, 4) is 0 Å². The molecule has 2 atom stereocenters. The predicted octanol–water partition coefficient (Wildman–Crippen LogP) is 10.4. The van der Waals surface area contributed by atoms with Crippen molar-refractivity contribution in [3.05, 3.63) is 86.4 Å². The number of amides is 4. The van der Waals surface area contributed by atoms with Crippen molar-refractivity contribution in [1.29, 1.82) is 0 Å². The minimum atomic E-state index is -1.45. The number of carbonyl (C=O) groups is 4. The summed E-state index contributed by atoms with van der Waals surface area (Å²) in [6.07, 6.45) is -2.64. The summed E-state index contributed by atoms with van der Waals surface area (Å²) in [5, 5.41) is 5.33. The van der Waals surface area contributed by atoms with Gasteiger partial charge in [-0.1, -0.05) is 40.9 Å².